The predicted molar refractivity (Wildman–Crippen MR) is 85.3 cm³/mol. The van der Waals surface area contributed by atoms with Gasteiger partial charge in [0.25, 0.3) is 0 Å². The minimum Gasteiger partial charge on any atom is -0.368 e. The highest BCUT2D eigenvalue weighted by atomic mass is 19.1. The number of nitrogens with one attached hydrogen (secondary N) is 1. The molecular formula is C17H26FN3. The zero-order valence-electron chi connectivity index (χ0n) is 13.1. The summed E-state index contributed by atoms with van der Waals surface area (Å²) in [6.07, 6.45) is 3.68. The first-order valence-electron chi connectivity index (χ1n) is 8.14. The van der Waals surface area contributed by atoms with Crippen LogP contribution in [0.4, 0.5) is 10.1 Å². The second-order valence-corrected chi connectivity index (χ2v) is 6.35. The minimum absolute atomic E-state index is 0.0824. The number of fused-ring (bicyclic) bond motifs is 1. The van der Waals surface area contributed by atoms with Gasteiger partial charge in [-0.2, -0.15) is 0 Å². The van der Waals surface area contributed by atoms with Gasteiger partial charge in [-0.25, -0.2) is 4.39 Å². The van der Waals surface area contributed by atoms with Gasteiger partial charge in [-0.1, -0.05) is 6.07 Å². The molecule has 2 saturated heterocycles. The summed E-state index contributed by atoms with van der Waals surface area (Å²) < 4.78 is 14.5. The smallest absolute Gasteiger partial charge is 0.146 e. The topological polar surface area (TPSA) is 18.5 Å². The third kappa shape index (κ3) is 3.06. The number of hydrogen-bond acceptors (Lipinski definition) is 3. The fraction of sp³-hybridized carbons (Fsp3) is 0.647. The van der Waals surface area contributed by atoms with Gasteiger partial charge in [-0.05, 0) is 57.5 Å². The molecule has 1 aromatic carbocycles. The zero-order valence-corrected chi connectivity index (χ0v) is 13.1. The Labute approximate surface area is 127 Å². The van der Waals surface area contributed by atoms with Gasteiger partial charge in [0.15, 0.2) is 0 Å². The van der Waals surface area contributed by atoms with E-state index in [1.807, 2.05) is 13.1 Å². The average molecular weight is 291 g/mol. The lowest BCUT2D eigenvalue weighted by Gasteiger charge is -2.28. The largest absolute Gasteiger partial charge is 0.368 e. The van der Waals surface area contributed by atoms with E-state index in [0.717, 1.165) is 37.3 Å². The molecule has 2 fully saturated rings. The van der Waals surface area contributed by atoms with Gasteiger partial charge in [0.1, 0.15) is 5.82 Å². The van der Waals surface area contributed by atoms with Crippen LogP contribution in [0.15, 0.2) is 18.2 Å². The van der Waals surface area contributed by atoms with Crippen LogP contribution in [0.2, 0.25) is 0 Å². The van der Waals surface area contributed by atoms with E-state index in [9.17, 15) is 4.39 Å². The molecule has 3 nitrogen and oxygen atoms in total. The molecule has 4 heteroatoms. The van der Waals surface area contributed by atoms with Crippen molar-refractivity contribution < 1.29 is 4.39 Å². The normalized spacial score (nSPS) is 24.7. The zero-order chi connectivity index (χ0) is 14.8. The Kier molecular flexibility index (Phi) is 4.45. The summed E-state index contributed by atoms with van der Waals surface area (Å²) >= 11 is 0. The minimum atomic E-state index is -0.0824. The fourth-order valence-corrected chi connectivity index (χ4v) is 3.64. The Balaban J connectivity index is 1.79. The molecule has 0 bridgehead atoms. The molecule has 2 aliphatic rings. The molecule has 1 aromatic rings. The third-order valence-electron chi connectivity index (χ3n) is 5.05. The van der Waals surface area contributed by atoms with Gasteiger partial charge in [0.2, 0.25) is 0 Å². The van der Waals surface area contributed by atoms with Crippen LogP contribution in [0, 0.1) is 5.82 Å². The first-order valence-corrected chi connectivity index (χ1v) is 8.14. The molecule has 1 N–H and O–H groups in total. The number of nitrogens with zero attached hydrogens (tertiary/aromatic N) is 2. The lowest BCUT2D eigenvalue weighted by Crippen LogP contribution is -2.37. The second kappa shape index (κ2) is 6.32. The fourth-order valence-electron chi connectivity index (χ4n) is 3.64. The number of benzene rings is 1. The van der Waals surface area contributed by atoms with Crippen molar-refractivity contribution in [3.8, 4) is 0 Å². The standard InChI is InChI=1S/C17H26FN3/c1-13(19-2)14-6-7-17(16(18)11-14)21-10-4-9-20-8-3-5-15(20)12-21/h6-7,11,13,15,19H,3-5,8-10,12H2,1-2H3. The summed E-state index contributed by atoms with van der Waals surface area (Å²) in [6, 6.07) is 6.50. The van der Waals surface area contributed by atoms with Gasteiger partial charge in [0, 0.05) is 31.7 Å². The Morgan fingerprint density at radius 3 is 2.81 bits per heavy atom. The third-order valence-corrected chi connectivity index (χ3v) is 5.05. The Morgan fingerprint density at radius 1 is 1.24 bits per heavy atom. The number of anilines is 1. The van der Waals surface area contributed by atoms with Gasteiger partial charge in [-0.3, -0.25) is 4.90 Å². The van der Waals surface area contributed by atoms with Crippen LogP contribution < -0.4 is 10.2 Å². The van der Waals surface area contributed by atoms with Crippen molar-refractivity contribution >= 4 is 5.69 Å². The highest BCUT2D eigenvalue weighted by Gasteiger charge is 2.29. The van der Waals surface area contributed by atoms with E-state index in [1.54, 1.807) is 6.07 Å². The van der Waals surface area contributed by atoms with Crippen LogP contribution >= 0.6 is 0 Å². The molecule has 3 rings (SSSR count). The molecule has 2 atom stereocenters. The molecule has 21 heavy (non-hydrogen) atoms. The van der Waals surface area contributed by atoms with E-state index >= 15 is 0 Å². The number of rotatable bonds is 3. The summed E-state index contributed by atoms with van der Waals surface area (Å²) in [5.74, 6) is -0.0824. The molecule has 2 heterocycles. The monoisotopic (exact) mass is 291 g/mol. The van der Waals surface area contributed by atoms with Crippen molar-refractivity contribution in [1.82, 2.24) is 10.2 Å². The van der Waals surface area contributed by atoms with Crippen molar-refractivity contribution in [2.75, 3.05) is 38.1 Å². The van der Waals surface area contributed by atoms with E-state index in [1.165, 1.54) is 19.4 Å². The molecule has 0 amide bonds. The van der Waals surface area contributed by atoms with E-state index < -0.39 is 0 Å². The van der Waals surface area contributed by atoms with E-state index in [4.69, 9.17) is 0 Å². The molecule has 0 radical (unpaired) electrons. The number of halogens is 1. The van der Waals surface area contributed by atoms with Crippen molar-refractivity contribution in [1.29, 1.82) is 0 Å². The van der Waals surface area contributed by atoms with Crippen LogP contribution in [0.5, 0.6) is 0 Å². The second-order valence-electron chi connectivity index (χ2n) is 6.35. The summed E-state index contributed by atoms with van der Waals surface area (Å²) in [5, 5.41) is 3.16. The maximum atomic E-state index is 14.5. The van der Waals surface area contributed by atoms with Gasteiger partial charge < -0.3 is 10.2 Å². The molecule has 2 aliphatic heterocycles. The lowest BCUT2D eigenvalue weighted by atomic mass is 10.1. The SMILES string of the molecule is CNC(C)c1ccc(N2CCCN3CCCC3C2)c(F)c1. The Morgan fingerprint density at radius 2 is 2.05 bits per heavy atom. The molecular weight excluding hydrogens is 265 g/mol. The molecule has 0 spiro atoms. The van der Waals surface area contributed by atoms with Gasteiger partial charge >= 0.3 is 0 Å². The molecule has 116 valence electrons. The summed E-state index contributed by atoms with van der Waals surface area (Å²) in [5.41, 5.74) is 1.78. The molecule has 2 unspecified atom stereocenters. The maximum absolute atomic E-state index is 14.5. The van der Waals surface area contributed by atoms with Crippen LogP contribution in [0.3, 0.4) is 0 Å². The highest BCUT2D eigenvalue weighted by molar-refractivity contribution is 5.50. The first-order chi connectivity index (χ1) is 10.2. The average Bonchev–Trinajstić information content (AvgIpc) is 2.83. The lowest BCUT2D eigenvalue weighted by molar-refractivity contribution is 0.273. The van der Waals surface area contributed by atoms with E-state index in [-0.39, 0.29) is 11.9 Å². The van der Waals surface area contributed by atoms with E-state index in [2.05, 4.69) is 28.1 Å². The van der Waals surface area contributed by atoms with Crippen LogP contribution in [0.1, 0.15) is 37.8 Å². The van der Waals surface area contributed by atoms with Crippen LogP contribution in [-0.2, 0) is 0 Å². The molecule has 0 aromatic heterocycles. The summed E-state index contributed by atoms with van der Waals surface area (Å²) in [6.45, 7) is 6.37. The predicted octanol–water partition coefficient (Wildman–Crippen LogP) is 2.78. The van der Waals surface area contributed by atoms with Crippen molar-refractivity contribution in [2.45, 2.75) is 38.3 Å². The van der Waals surface area contributed by atoms with Crippen molar-refractivity contribution in [3.63, 3.8) is 0 Å². The van der Waals surface area contributed by atoms with Crippen molar-refractivity contribution in [2.24, 2.45) is 0 Å². The Hall–Kier alpha value is -1.13. The Bertz CT molecular complexity index is 491. The highest BCUT2D eigenvalue weighted by Crippen LogP contribution is 2.28. The first kappa shape index (κ1) is 14.8. The number of hydrogen-bond donors (Lipinski definition) is 1. The van der Waals surface area contributed by atoms with Gasteiger partial charge in [-0.15, -0.1) is 0 Å². The van der Waals surface area contributed by atoms with Gasteiger partial charge in [0.05, 0.1) is 5.69 Å². The summed E-state index contributed by atoms with van der Waals surface area (Å²) in [7, 11) is 1.90. The van der Waals surface area contributed by atoms with Crippen LogP contribution in [-0.4, -0.2) is 44.2 Å². The van der Waals surface area contributed by atoms with Crippen LogP contribution in [0.25, 0.3) is 0 Å². The quantitative estimate of drug-likeness (QED) is 0.924. The summed E-state index contributed by atoms with van der Waals surface area (Å²) in [4.78, 5) is 4.83. The van der Waals surface area contributed by atoms with E-state index in [0.29, 0.717) is 6.04 Å². The van der Waals surface area contributed by atoms with Crippen molar-refractivity contribution in [3.05, 3.63) is 29.6 Å². The molecule has 0 saturated carbocycles. The maximum Gasteiger partial charge on any atom is 0.146 e. The molecule has 0 aliphatic carbocycles.